The van der Waals surface area contributed by atoms with Crippen molar-refractivity contribution in [1.82, 2.24) is 9.97 Å². The minimum atomic E-state index is -0.220. The molecule has 2 aromatic heterocycles. The Labute approximate surface area is 132 Å². The summed E-state index contributed by atoms with van der Waals surface area (Å²) in [5, 5.41) is 3.46. The van der Waals surface area contributed by atoms with Gasteiger partial charge < -0.3 is 5.32 Å². The molecule has 0 atom stereocenters. The van der Waals surface area contributed by atoms with Crippen LogP contribution < -0.4 is 5.32 Å². The zero-order valence-corrected chi connectivity index (χ0v) is 12.3. The number of halogens is 1. The Balaban J connectivity index is 1.91. The molecule has 108 valence electrons. The van der Waals surface area contributed by atoms with Crippen LogP contribution in [-0.4, -0.2) is 15.9 Å². The molecule has 0 bridgehead atoms. The number of rotatable bonds is 3. The fourth-order valence-electron chi connectivity index (χ4n) is 2.06. The smallest absolute Gasteiger partial charge is 0.257 e. The molecule has 0 aliphatic carbocycles. The lowest BCUT2D eigenvalue weighted by Gasteiger charge is -2.09. The molecule has 22 heavy (non-hydrogen) atoms. The molecule has 3 aromatic rings. The van der Waals surface area contributed by atoms with Crippen LogP contribution >= 0.6 is 11.6 Å². The van der Waals surface area contributed by atoms with E-state index in [1.165, 1.54) is 0 Å². The third-order valence-corrected chi connectivity index (χ3v) is 3.36. The van der Waals surface area contributed by atoms with Gasteiger partial charge in [-0.3, -0.25) is 14.8 Å². The lowest BCUT2D eigenvalue weighted by molar-refractivity contribution is 0.102. The van der Waals surface area contributed by atoms with Gasteiger partial charge in [-0.05, 0) is 48.5 Å². The number of carbonyl (C=O) groups is 1. The van der Waals surface area contributed by atoms with Crippen LogP contribution in [0.1, 0.15) is 10.4 Å². The number of anilines is 1. The van der Waals surface area contributed by atoms with Crippen LogP contribution in [0.25, 0.3) is 11.3 Å². The monoisotopic (exact) mass is 309 g/mol. The molecule has 0 aliphatic heterocycles. The second-order valence-electron chi connectivity index (χ2n) is 4.60. The Morgan fingerprint density at radius 3 is 2.41 bits per heavy atom. The molecular formula is C17H12ClN3O. The zero-order chi connectivity index (χ0) is 15.4. The number of hydrogen-bond acceptors (Lipinski definition) is 3. The first-order valence-electron chi connectivity index (χ1n) is 6.66. The quantitative estimate of drug-likeness (QED) is 0.794. The number of pyridine rings is 2. The summed E-state index contributed by atoms with van der Waals surface area (Å²) in [5.41, 5.74) is 2.65. The number of aromatic nitrogens is 2. The second-order valence-corrected chi connectivity index (χ2v) is 5.03. The van der Waals surface area contributed by atoms with Crippen molar-refractivity contribution >= 4 is 23.2 Å². The molecule has 1 amide bonds. The van der Waals surface area contributed by atoms with Crippen molar-refractivity contribution in [3.63, 3.8) is 0 Å². The summed E-state index contributed by atoms with van der Waals surface area (Å²) >= 11 is 5.84. The van der Waals surface area contributed by atoms with Crippen molar-refractivity contribution in [3.8, 4) is 11.3 Å². The predicted molar refractivity (Wildman–Crippen MR) is 86.9 cm³/mol. The predicted octanol–water partition coefficient (Wildman–Crippen LogP) is 4.05. The molecule has 1 N–H and O–H groups in total. The maximum Gasteiger partial charge on any atom is 0.257 e. The van der Waals surface area contributed by atoms with E-state index in [4.69, 9.17) is 11.6 Å². The van der Waals surface area contributed by atoms with Crippen LogP contribution in [0.5, 0.6) is 0 Å². The Kier molecular flexibility index (Phi) is 4.12. The Morgan fingerprint density at radius 2 is 1.68 bits per heavy atom. The van der Waals surface area contributed by atoms with Crippen molar-refractivity contribution < 1.29 is 4.79 Å². The van der Waals surface area contributed by atoms with Crippen LogP contribution in [0.2, 0.25) is 5.02 Å². The molecule has 0 unspecified atom stereocenters. The molecule has 2 heterocycles. The average molecular weight is 310 g/mol. The van der Waals surface area contributed by atoms with Gasteiger partial charge in [-0.25, -0.2) is 0 Å². The van der Waals surface area contributed by atoms with Gasteiger partial charge in [-0.15, -0.1) is 0 Å². The maximum absolute atomic E-state index is 12.5. The largest absolute Gasteiger partial charge is 0.322 e. The summed E-state index contributed by atoms with van der Waals surface area (Å²) in [7, 11) is 0. The van der Waals surface area contributed by atoms with Gasteiger partial charge in [-0.1, -0.05) is 11.6 Å². The fraction of sp³-hybridized carbons (Fsp3) is 0. The van der Waals surface area contributed by atoms with E-state index in [2.05, 4.69) is 15.3 Å². The molecule has 0 radical (unpaired) electrons. The van der Waals surface area contributed by atoms with Gasteiger partial charge in [0.1, 0.15) is 0 Å². The molecule has 0 saturated heterocycles. The van der Waals surface area contributed by atoms with E-state index in [0.717, 1.165) is 5.56 Å². The summed E-state index contributed by atoms with van der Waals surface area (Å²) < 4.78 is 0. The summed E-state index contributed by atoms with van der Waals surface area (Å²) in [6.45, 7) is 0. The normalized spacial score (nSPS) is 10.2. The van der Waals surface area contributed by atoms with Crippen molar-refractivity contribution in [2.24, 2.45) is 0 Å². The summed E-state index contributed by atoms with van der Waals surface area (Å²) in [6.07, 6.45) is 5.00. The van der Waals surface area contributed by atoms with Crippen molar-refractivity contribution in [2.75, 3.05) is 5.32 Å². The Hall–Kier alpha value is -2.72. The van der Waals surface area contributed by atoms with Crippen molar-refractivity contribution in [2.45, 2.75) is 0 Å². The molecule has 0 aliphatic rings. The summed E-state index contributed by atoms with van der Waals surface area (Å²) in [5.74, 6) is -0.220. The first-order chi connectivity index (χ1) is 10.7. The molecule has 0 spiro atoms. The SMILES string of the molecule is O=C(Nc1ccc(Cl)cc1)c1cccnc1-c1ccncc1. The molecule has 3 rings (SSSR count). The lowest BCUT2D eigenvalue weighted by atomic mass is 10.1. The highest BCUT2D eigenvalue weighted by molar-refractivity contribution is 6.30. The maximum atomic E-state index is 12.5. The zero-order valence-electron chi connectivity index (χ0n) is 11.5. The topological polar surface area (TPSA) is 54.9 Å². The number of benzene rings is 1. The van der Waals surface area contributed by atoms with Gasteiger partial charge in [0.25, 0.3) is 5.91 Å². The van der Waals surface area contributed by atoms with Gasteiger partial charge in [0, 0.05) is 34.9 Å². The third kappa shape index (κ3) is 3.13. The van der Waals surface area contributed by atoms with Gasteiger partial charge >= 0.3 is 0 Å². The minimum Gasteiger partial charge on any atom is -0.322 e. The number of carbonyl (C=O) groups excluding carboxylic acids is 1. The van der Waals surface area contributed by atoms with Crippen LogP contribution in [0.3, 0.4) is 0 Å². The molecule has 4 nitrogen and oxygen atoms in total. The van der Waals surface area contributed by atoms with E-state index in [1.54, 1.807) is 55.0 Å². The number of amides is 1. The van der Waals surface area contributed by atoms with Gasteiger partial charge in [0.2, 0.25) is 0 Å². The van der Waals surface area contributed by atoms with E-state index >= 15 is 0 Å². The van der Waals surface area contributed by atoms with Crippen LogP contribution in [-0.2, 0) is 0 Å². The van der Waals surface area contributed by atoms with E-state index in [9.17, 15) is 4.79 Å². The number of hydrogen-bond donors (Lipinski definition) is 1. The first kappa shape index (κ1) is 14.2. The van der Waals surface area contributed by atoms with Crippen molar-refractivity contribution in [3.05, 3.63) is 77.7 Å². The van der Waals surface area contributed by atoms with Crippen molar-refractivity contribution in [1.29, 1.82) is 0 Å². The molecule has 1 aromatic carbocycles. The highest BCUT2D eigenvalue weighted by Crippen LogP contribution is 2.22. The number of nitrogens with zero attached hydrogens (tertiary/aromatic N) is 2. The van der Waals surface area contributed by atoms with E-state index in [-0.39, 0.29) is 5.91 Å². The second kappa shape index (κ2) is 6.37. The van der Waals surface area contributed by atoms with Crippen LogP contribution in [0.4, 0.5) is 5.69 Å². The molecule has 5 heteroatoms. The van der Waals surface area contributed by atoms with Gasteiger partial charge in [-0.2, -0.15) is 0 Å². The van der Waals surface area contributed by atoms with Crippen LogP contribution in [0, 0.1) is 0 Å². The summed E-state index contributed by atoms with van der Waals surface area (Å²) in [6, 6.07) is 14.1. The highest BCUT2D eigenvalue weighted by atomic mass is 35.5. The molecule has 0 saturated carbocycles. The lowest BCUT2D eigenvalue weighted by Crippen LogP contribution is -2.13. The number of nitrogens with one attached hydrogen (secondary N) is 1. The third-order valence-electron chi connectivity index (χ3n) is 3.11. The fourth-order valence-corrected chi connectivity index (χ4v) is 2.19. The summed E-state index contributed by atoms with van der Waals surface area (Å²) in [4.78, 5) is 20.8. The van der Waals surface area contributed by atoms with Gasteiger partial charge in [0.15, 0.2) is 0 Å². The van der Waals surface area contributed by atoms with E-state index < -0.39 is 0 Å². The average Bonchev–Trinajstić information content (AvgIpc) is 2.58. The molecule has 0 fully saturated rings. The first-order valence-corrected chi connectivity index (χ1v) is 7.04. The van der Waals surface area contributed by atoms with Crippen LogP contribution in [0.15, 0.2) is 67.1 Å². The van der Waals surface area contributed by atoms with E-state index in [0.29, 0.717) is 22.0 Å². The minimum absolute atomic E-state index is 0.220. The van der Waals surface area contributed by atoms with E-state index in [1.807, 2.05) is 12.1 Å². The standard InChI is InChI=1S/C17H12ClN3O/c18-13-3-5-14(6-4-13)21-17(22)15-2-1-9-20-16(15)12-7-10-19-11-8-12/h1-11H,(H,21,22). The molecular weight excluding hydrogens is 298 g/mol. The highest BCUT2D eigenvalue weighted by Gasteiger charge is 2.13. The Bertz CT molecular complexity index is 789. The van der Waals surface area contributed by atoms with Gasteiger partial charge in [0.05, 0.1) is 11.3 Å². The Morgan fingerprint density at radius 1 is 0.955 bits per heavy atom.